The van der Waals surface area contributed by atoms with Gasteiger partial charge in [-0.05, 0) is 25.8 Å². The predicted molar refractivity (Wildman–Crippen MR) is 121 cm³/mol. The van der Waals surface area contributed by atoms with Crippen molar-refractivity contribution >= 4 is 0 Å². The van der Waals surface area contributed by atoms with Gasteiger partial charge in [-0.15, -0.1) is 0 Å². The molecule has 27 heavy (non-hydrogen) atoms. The maximum atomic E-state index is 3.91. The van der Waals surface area contributed by atoms with E-state index in [-0.39, 0.29) is 12.4 Å². The number of hydrogen-bond donors (Lipinski definition) is 0. The molecule has 0 aliphatic carbocycles. The van der Waals surface area contributed by atoms with Crippen LogP contribution in [0.3, 0.4) is 0 Å². The molecule has 0 amide bonds. The third kappa shape index (κ3) is 20.5. The van der Waals surface area contributed by atoms with Crippen LogP contribution in [0, 0.1) is 0 Å². The van der Waals surface area contributed by atoms with Crippen molar-refractivity contribution in [3.05, 3.63) is 12.7 Å². The highest BCUT2D eigenvalue weighted by molar-refractivity contribution is 4.65. The average Bonchev–Trinajstić information content (AvgIpc) is 2.64. The summed E-state index contributed by atoms with van der Waals surface area (Å²) in [6, 6.07) is 0. The summed E-state index contributed by atoms with van der Waals surface area (Å²) in [4.78, 5) is 0. The van der Waals surface area contributed by atoms with Crippen molar-refractivity contribution in [2.75, 3.05) is 26.7 Å². The molecule has 2 heteroatoms. The Kier molecular flexibility index (Phi) is 24.1. The van der Waals surface area contributed by atoms with Crippen LogP contribution >= 0.6 is 0 Å². The Morgan fingerprint density at radius 2 is 0.926 bits per heavy atom. The first kappa shape index (κ1) is 29.2. The molecule has 1 atom stereocenters. The first-order valence-corrected chi connectivity index (χ1v) is 12.1. The predicted octanol–water partition coefficient (Wildman–Crippen LogP) is 5.29. The van der Waals surface area contributed by atoms with Crippen LogP contribution in [0.5, 0.6) is 0 Å². The Bertz CT molecular complexity index is 292. The SMILES string of the molecule is C=CC[N+](C)(CC)CCCCCCCCCCCCCCCCCCC.[Cl-]. The van der Waals surface area contributed by atoms with E-state index in [2.05, 4.69) is 33.6 Å². The Morgan fingerprint density at radius 3 is 1.22 bits per heavy atom. The number of likely N-dealkylation sites (N-methyl/N-ethyl adjacent to an activating group) is 1. The first-order valence-electron chi connectivity index (χ1n) is 12.1. The summed E-state index contributed by atoms with van der Waals surface area (Å²) in [5, 5.41) is 0. The van der Waals surface area contributed by atoms with Gasteiger partial charge in [0.2, 0.25) is 0 Å². The lowest BCUT2D eigenvalue weighted by molar-refractivity contribution is -0.902. The van der Waals surface area contributed by atoms with E-state index in [9.17, 15) is 0 Å². The van der Waals surface area contributed by atoms with Crippen molar-refractivity contribution in [1.82, 2.24) is 0 Å². The van der Waals surface area contributed by atoms with Crippen molar-refractivity contribution in [2.24, 2.45) is 0 Å². The van der Waals surface area contributed by atoms with E-state index in [1.807, 2.05) is 0 Å². The molecule has 0 saturated heterocycles. The van der Waals surface area contributed by atoms with Crippen LogP contribution in [0.4, 0.5) is 0 Å². The number of unbranched alkanes of at least 4 members (excludes halogenated alkanes) is 16. The van der Waals surface area contributed by atoms with Gasteiger partial charge in [0.05, 0.1) is 26.7 Å². The van der Waals surface area contributed by atoms with Crippen molar-refractivity contribution in [1.29, 1.82) is 0 Å². The number of nitrogens with zero attached hydrogens (tertiary/aromatic N) is 1. The van der Waals surface area contributed by atoms with E-state index < -0.39 is 0 Å². The summed E-state index contributed by atoms with van der Waals surface area (Å²) in [6.45, 7) is 12.2. The average molecular weight is 402 g/mol. The second-order valence-corrected chi connectivity index (χ2v) is 8.79. The molecule has 0 bridgehead atoms. The lowest BCUT2D eigenvalue weighted by Gasteiger charge is -2.32. The van der Waals surface area contributed by atoms with Crippen LogP contribution in [0.25, 0.3) is 0 Å². The van der Waals surface area contributed by atoms with E-state index in [1.54, 1.807) is 0 Å². The van der Waals surface area contributed by atoms with Crippen LogP contribution in [0.15, 0.2) is 12.7 Å². The van der Waals surface area contributed by atoms with Gasteiger partial charge in [-0.3, -0.25) is 0 Å². The molecule has 0 fully saturated rings. The normalized spacial score (nSPS) is 13.1. The summed E-state index contributed by atoms with van der Waals surface area (Å²) in [6.07, 6.45) is 26.8. The monoisotopic (exact) mass is 401 g/mol. The maximum absolute atomic E-state index is 3.91. The van der Waals surface area contributed by atoms with Gasteiger partial charge in [-0.25, -0.2) is 0 Å². The second-order valence-electron chi connectivity index (χ2n) is 8.79. The quantitative estimate of drug-likeness (QED) is 0.139. The van der Waals surface area contributed by atoms with Gasteiger partial charge in [0.25, 0.3) is 0 Å². The summed E-state index contributed by atoms with van der Waals surface area (Å²) in [7, 11) is 2.37. The van der Waals surface area contributed by atoms with Crippen LogP contribution < -0.4 is 12.4 Å². The molecule has 0 rings (SSSR count). The molecule has 0 aliphatic rings. The van der Waals surface area contributed by atoms with Crippen LogP contribution in [-0.4, -0.2) is 31.2 Å². The molecular weight excluding hydrogens is 350 g/mol. The molecule has 0 N–H and O–H groups in total. The van der Waals surface area contributed by atoms with Crippen molar-refractivity contribution < 1.29 is 16.9 Å². The molecule has 0 radical (unpaired) electrons. The van der Waals surface area contributed by atoms with Gasteiger partial charge < -0.3 is 16.9 Å². The van der Waals surface area contributed by atoms with E-state index >= 15 is 0 Å². The minimum absolute atomic E-state index is 0. The number of quaternary nitrogens is 1. The van der Waals surface area contributed by atoms with Gasteiger partial charge in [0.15, 0.2) is 0 Å². The fourth-order valence-corrected chi connectivity index (χ4v) is 3.91. The number of hydrogen-bond acceptors (Lipinski definition) is 0. The summed E-state index contributed by atoms with van der Waals surface area (Å²) < 4.78 is 1.17. The van der Waals surface area contributed by atoms with E-state index in [4.69, 9.17) is 0 Å². The van der Waals surface area contributed by atoms with Crippen molar-refractivity contribution in [3.8, 4) is 0 Å². The van der Waals surface area contributed by atoms with Gasteiger partial charge in [0.1, 0.15) is 0 Å². The minimum Gasteiger partial charge on any atom is -1.00 e. The van der Waals surface area contributed by atoms with Crippen LogP contribution in [-0.2, 0) is 0 Å². The minimum atomic E-state index is 0. The second kappa shape index (κ2) is 22.3. The summed E-state index contributed by atoms with van der Waals surface area (Å²) in [5.74, 6) is 0. The topological polar surface area (TPSA) is 0 Å². The zero-order valence-electron chi connectivity index (χ0n) is 19.3. The molecule has 0 aromatic rings. The highest BCUT2D eigenvalue weighted by Gasteiger charge is 2.15. The van der Waals surface area contributed by atoms with Gasteiger partial charge >= 0.3 is 0 Å². The van der Waals surface area contributed by atoms with E-state index in [0.29, 0.717) is 0 Å². The van der Waals surface area contributed by atoms with Gasteiger partial charge in [-0.2, -0.15) is 0 Å². The van der Waals surface area contributed by atoms with Crippen molar-refractivity contribution in [2.45, 2.75) is 123 Å². The highest BCUT2D eigenvalue weighted by Crippen LogP contribution is 2.14. The standard InChI is InChI=1S/C25H52N.ClH/c1-5-8-9-10-11-12-13-14-15-16-17-18-19-20-21-22-23-25-26(4,7-3)24-6-2;/h6H,2,5,7-25H2,1,3-4H3;1H/q+1;/p-1. The molecule has 0 aliphatic heterocycles. The van der Waals surface area contributed by atoms with Crippen LogP contribution in [0.1, 0.15) is 123 Å². The Morgan fingerprint density at radius 1 is 0.593 bits per heavy atom. The third-order valence-corrected chi connectivity index (χ3v) is 6.13. The zero-order valence-corrected chi connectivity index (χ0v) is 20.0. The summed E-state index contributed by atoms with van der Waals surface area (Å²) in [5.41, 5.74) is 0. The largest absolute Gasteiger partial charge is 1.00 e. The van der Waals surface area contributed by atoms with Gasteiger partial charge in [-0.1, -0.05) is 110 Å². The lowest BCUT2D eigenvalue weighted by atomic mass is 10.0. The molecular formula is C25H52ClN. The zero-order chi connectivity index (χ0) is 19.3. The maximum Gasteiger partial charge on any atom is 0.0968 e. The Hall–Kier alpha value is -0.0100. The Labute approximate surface area is 179 Å². The molecule has 0 spiro atoms. The molecule has 0 aromatic carbocycles. The Balaban J connectivity index is 0. The number of halogens is 1. The molecule has 1 nitrogen and oxygen atoms in total. The van der Waals surface area contributed by atoms with Crippen LogP contribution in [0.2, 0.25) is 0 Å². The lowest BCUT2D eigenvalue weighted by Crippen LogP contribution is -3.00. The smallest absolute Gasteiger partial charge is 0.0968 e. The molecule has 0 aromatic heterocycles. The third-order valence-electron chi connectivity index (χ3n) is 6.13. The van der Waals surface area contributed by atoms with E-state index in [0.717, 1.165) is 6.54 Å². The van der Waals surface area contributed by atoms with E-state index in [1.165, 1.54) is 127 Å². The molecule has 164 valence electrons. The molecule has 0 heterocycles. The van der Waals surface area contributed by atoms with Crippen molar-refractivity contribution in [3.63, 3.8) is 0 Å². The summed E-state index contributed by atoms with van der Waals surface area (Å²) >= 11 is 0. The highest BCUT2D eigenvalue weighted by atomic mass is 35.5. The van der Waals surface area contributed by atoms with Gasteiger partial charge in [0, 0.05) is 0 Å². The molecule has 0 saturated carbocycles. The fourth-order valence-electron chi connectivity index (χ4n) is 3.91. The number of rotatable bonds is 21. The fraction of sp³-hybridized carbons (Fsp3) is 0.920. The first-order chi connectivity index (χ1) is 12.7. The molecule has 1 unspecified atom stereocenters.